The number of ether oxygens (including phenoxy) is 1. The van der Waals surface area contributed by atoms with Gasteiger partial charge in [0, 0.05) is 6.54 Å². The first-order valence-electron chi connectivity index (χ1n) is 5.82. The Kier molecular flexibility index (Phi) is 5.50. The van der Waals surface area contributed by atoms with Gasteiger partial charge in [-0.25, -0.2) is 0 Å². The summed E-state index contributed by atoms with van der Waals surface area (Å²) < 4.78 is 5.10. The summed E-state index contributed by atoms with van der Waals surface area (Å²) in [4.78, 5) is 23.5. The Morgan fingerprint density at radius 1 is 1.30 bits per heavy atom. The van der Waals surface area contributed by atoms with Crippen molar-refractivity contribution >= 4 is 11.8 Å². The fourth-order valence-electron chi connectivity index (χ4n) is 1.79. The van der Waals surface area contributed by atoms with E-state index in [0.29, 0.717) is 17.9 Å². The number of hydrogen-bond donors (Lipinski definition) is 2. The number of hydrogen-bond acceptors (Lipinski definition) is 5. The molecule has 106 valence electrons. The molecular formula is C13H16N4O3. The normalized spacial score (nSPS) is 10.1. The van der Waals surface area contributed by atoms with Gasteiger partial charge < -0.3 is 16.2 Å². The predicted molar refractivity (Wildman–Crippen MR) is 71.4 cm³/mol. The highest BCUT2D eigenvalue weighted by atomic mass is 16.5. The summed E-state index contributed by atoms with van der Waals surface area (Å²) in [6.07, 6.45) is 0. The molecule has 0 unspecified atom stereocenters. The van der Waals surface area contributed by atoms with Crippen LogP contribution in [0.2, 0.25) is 0 Å². The molecule has 0 bridgehead atoms. The minimum absolute atomic E-state index is 0.0781. The molecule has 2 amide bonds. The molecule has 20 heavy (non-hydrogen) atoms. The molecule has 0 saturated carbocycles. The first-order valence-corrected chi connectivity index (χ1v) is 5.82. The van der Waals surface area contributed by atoms with Crippen LogP contribution in [0.4, 0.5) is 0 Å². The largest absolute Gasteiger partial charge is 0.495 e. The van der Waals surface area contributed by atoms with E-state index in [-0.39, 0.29) is 13.1 Å². The van der Waals surface area contributed by atoms with Crippen LogP contribution < -0.4 is 16.2 Å². The molecular weight excluding hydrogens is 260 g/mol. The molecule has 1 aromatic rings. The Bertz CT molecular complexity index is 535. The van der Waals surface area contributed by atoms with Gasteiger partial charge in [-0.3, -0.25) is 14.5 Å². The van der Waals surface area contributed by atoms with Gasteiger partial charge in [0.05, 0.1) is 25.8 Å². The molecule has 0 heterocycles. The van der Waals surface area contributed by atoms with E-state index in [1.807, 2.05) is 6.07 Å². The molecule has 0 aliphatic carbocycles. The lowest BCUT2D eigenvalue weighted by molar-refractivity contribution is -0.122. The van der Waals surface area contributed by atoms with Gasteiger partial charge in [-0.2, -0.15) is 5.26 Å². The van der Waals surface area contributed by atoms with E-state index >= 15 is 0 Å². The minimum atomic E-state index is -0.549. The van der Waals surface area contributed by atoms with Crippen LogP contribution in [0.3, 0.4) is 0 Å². The van der Waals surface area contributed by atoms with Crippen molar-refractivity contribution in [3.05, 3.63) is 29.3 Å². The van der Waals surface area contributed by atoms with Crippen LogP contribution in [-0.2, 0) is 16.1 Å². The lowest BCUT2D eigenvalue weighted by Gasteiger charge is -2.19. The molecule has 0 radical (unpaired) electrons. The highest BCUT2D eigenvalue weighted by Crippen LogP contribution is 2.20. The van der Waals surface area contributed by atoms with Crippen molar-refractivity contribution in [3.63, 3.8) is 0 Å². The van der Waals surface area contributed by atoms with E-state index in [2.05, 4.69) is 0 Å². The fraction of sp³-hybridized carbons (Fsp3) is 0.308. The monoisotopic (exact) mass is 276 g/mol. The first-order chi connectivity index (χ1) is 9.46. The lowest BCUT2D eigenvalue weighted by Crippen LogP contribution is -2.39. The third-order valence-corrected chi connectivity index (χ3v) is 2.55. The van der Waals surface area contributed by atoms with Gasteiger partial charge in [-0.05, 0) is 17.7 Å². The number of carbonyl (C=O) groups is 2. The molecule has 0 spiro atoms. The van der Waals surface area contributed by atoms with Gasteiger partial charge >= 0.3 is 0 Å². The standard InChI is InChI=1S/C13H16N4O3/c1-20-11-4-9(2-3-10(11)5-14)6-17(7-12(15)18)8-13(16)19/h2-4H,6-8H2,1H3,(H2,15,18)(H2,16,19). The van der Waals surface area contributed by atoms with Crippen LogP contribution in [0, 0.1) is 11.3 Å². The number of benzene rings is 1. The van der Waals surface area contributed by atoms with E-state index < -0.39 is 11.8 Å². The smallest absolute Gasteiger partial charge is 0.231 e. The third kappa shape index (κ3) is 4.59. The Labute approximate surface area is 116 Å². The Balaban J connectivity index is 2.90. The van der Waals surface area contributed by atoms with Crippen LogP contribution >= 0.6 is 0 Å². The van der Waals surface area contributed by atoms with E-state index in [1.165, 1.54) is 12.0 Å². The van der Waals surface area contributed by atoms with Crippen molar-refractivity contribution < 1.29 is 14.3 Å². The highest BCUT2D eigenvalue weighted by molar-refractivity contribution is 5.79. The number of methoxy groups -OCH3 is 1. The maximum Gasteiger partial charge on any atom is 0.231 e. The van der Waals surface area contributed by atoms with Crippen molar-refractivity contribution in [2.75, 3.05) is 20.2 Å². The predicted octanol–water partition coefficient (Wildman–Crippen LogP) is -0.661. The molecule has 0 atom stereocenters. The zero-order chi connectivity index (χ0) is 15.1. The number of nitriles is 1. The zero-order valence-corrected chi connectivity index (χ0v) is 11.1. The lowest BCUT2D eigenvalue weighted by atomic mass is 10.1. The third-order valence-electron chi connectivity index (χ3n) is 2.55. The van der Waals surface area contributed by atoms with Crippen LogP contribution in [-0.4, -0.2) is 36.9 Å². The van der Waals surface area contributed by atoms with Gasteiger partial charge in [0.2, 0.25) is 11.8 Å². The van der Waals surface area contributed by atoms with Crippen molar-refractivity contribution in [1.82, 2.24) is 4.90 Å². The molecule has 7 heteroatoms. The molecule has 4 N–H and O–H groups in total. The number of nitrogens with two attached hydrogens (primary N) is 2. The SMILES string of the molecule is COc1cc(CN(CC(N)=O)CC(N)=O)ccc1C#N. The summed E-state index contributed by atoms with van der Waals surface area (Å²) in [6.45, 7) is 0.143. The Morgan fingerprint density at radius 3 is 2.35 bits per heavy atom. The number of nitrogens with zero attached hydrogens (tertiary/aromatic N) is 2. The van der Waals surface area contributed by atoms with Crippen LogP contribution in [0.15, 0.2) is 18.2 Å². The number of carbonyl (C=O) groups excluding carboxylic acids is 2. The summed E-state index contributed by atoms with van der Waals surface area (Å²) >= 11 is 0. The van der Waals surface area contributed by atoms with Gasteiger partial charge in [0.1, 0.15) is 11.8 Å². The maximum atomic E-state index is 11.0. The van der Waals surface area contributed by atoms with Crippen LogP contribution in [0.1, 0.15) is 11.1 Å². The summed E-state index contributed by atoms with van der Waals surface area (Å²) in [5, 5.41) is 8.90. The van der Waals surface area contributed by atoms with Crippen molar-refractivity contribution in [2.45, 2.75) is 6.54 Å². The fourth-order valence-corrected chi connectivity index (χ4v) is 1.79. The molecule has 1 rings (SSSR count). The van der Waals surface area contributed by atoms with Crippen molar-refractivity contribution in [2.24, 2.45) is 11.5 Å². The van der Waals surface area contributed by atoms with E-state index in [1.54, 1.807) is 18.2 Å². The number of amides is 2. The van der Waals surface area contributed by atoms with Gasteiger partial charge in [0.25, 0.3) is 0 Å². The summed E-state index contributed by atoms with van der Waals surface area (Å²) in [7, 11) is 1.46. The van der Waals surface area contributed by atoms with E-state index in [9.17, 15) is 9.59 Å². The second kappa shape index (κ2) is 7.11. The topological polar surface area (TPSA) is 122 Å². The average molecular weight is 276 g/mol. The van der Waals surface area contributed by atoms with Crippen LogP contribution in [0.5, 0.6) is 5.75 Å². The van der Waals surface area contributed by atoms with Crippen molar-refractivity contribution in [1.29, 1.82) is 5.26 Å². The van der Waals surface area contributed by atoms with Crippen LogP contribution in [0.25, 0.3) is 0 Å². The van der Waals surface area contributed by atoms with Gasteiger partial charge in [0.15, 0.2) is 0 Å². The second-order valence-corrected chi connectivity index (χ2v) is 4.22. The first kappa shape index (κ1) is 15.5. The Morgan fingerprint density at radius 2 is 1.90 bits per heavy atom. The molecule has 0 aromatic heterocycles. The van der Waals surface area contributed by atoms with E-state index in [4.69, 9.17) is 21.5 Å². The molecule has 1 aromatic carbocycles. The van der Waals surface area contributed by atoms with Gasteiger partial charge in [-0.15, -0.1) is 0 Å². The quantitative estimate of drug-likeness (QED) is 0.684. The number of rotatable bonds is 7. The summed E-state index contributed by atoms with van der Waals surface area (Å²) in [6, 6.07) is 7.01. The molecule has 0 aliphatic rings. The van der Waals surface area contributed by atoms with E-state index in [0.717, 1.165) is 5.56 Å². The summed E-state index contributed by atoms with van der Waals surface area (Å²) in [5.74, 6) is -0.665. The molecule has 0 saturated heterocycles. The highest BCUT2D eigenvalue weighted by Gasteiger charge is 2.13. The molecule has 0 aliphatic heterocycles. The zero-order valence-electron chi connectivity index (χ0n) is 11.1. The Hall–Kier alpha value is -2.59. The summed E-state index contributed by atoms with van der Waals surface area (Å²) in [5.41, 5.74) is 11.4. The maximum absolute atomic E-state index is 11.0. The minimum Gasteiger partial charge on any atom is -0.495 e. The average Bonchev–Trinajstić information content (AvgIpc) is 2.36. The molecule has 0 fully saturated rings. The van der Waals surface area contributed by atoms with Gasteiger partial charge in [-0.1, -0.05) is 6.07 Å². The number of primary amides is 2. The second-order valence-electron chi connectivity index (χ2n) is 4.22. The van der Waals surface area contributed by atoms with Crippen molar-refractivity contribution in [3.8, 4) is 11.8 Å². The molecule has 7 nitrogen and oxygen atoms in total.